The summed E-state index contributed by atoms with van der Waals surface area (Å²) in [4.78, 5) is 10.9. The number of ether oxygens (including phenoxy) is 1. The summed E-state index contributed by atoms with van der Waals surface area (Å²) in [6.45, 7) is 4.58. The lowest BCUT2D eigenvalue weighted by Crippen LogP contribution is -2.35. The monoisotopic (exact) mass is 235 g/mol. The second-order valence-corrected chi connectivity index (χ2v) is 4.62. The van der Waals surface area contributed by atoms with Crippen LogP contribution in [0.2, 0.25) is 0 Å². The van der Waals surface area contributed by atoms with Crippen LogP contribution in [0.5, 0.6) is 5.75 Å². The van der Waals surface area contributed by atoms with Gasteiger partial charge in [0.2, 0.25) is 0 Å². The van der Waals surface area contributed by atoms with E-state index < -0.39 is 12.0 Å². The van der Waals surface area contributed by atoms with Crippen molar-refractivity contribution in [3.63, 3.8) is 0 Å². The Hall–Kier alpha value is -1.55. The van der Waals surface area contributed by atoms with Crippen molar-refractivity contribution in [3.8, 4) is 5.75 Å². The quantitative estimate of drug-likeness (QED) is 0.836. The molecule has 1 heterocycles. The highest BCUT2D eigenvalue weighted by Crippen LogP contribution is 2.39. The third kappa shape index (κ3) is 2.00. The van der Waals surface area contributed by atoms with Gasteiger partial charge in [0.05, 0.1) is 6.61 Å². The third-order valence-electron chi connectivity index (χ3n) is 3.40. The standard InChI is InChI=1S/C13H17NO3/c1-7-6-17-10-5-3-4-9(11(7)10)8(2)12(14)13(15)16/h3-5,7-8,12H,6,14H2,1-2H3,(H,15,16)/t7?,8-,12+/m1/s1. The van der Waals surface area contributed by atoms with Crippen LogP contribution >= 0.6 is 0 Å². The van der Waals surface area contributed by atoms with E-state index in [2.05, 4.69) is 6.92 Å². The lowest BCUT2D eigenvalue weighted by molar-refractivity contribution is -0.139. The molecule has 0 fully saturated rings. The molecular weight excluding hydrogens is 218 g/mol. The molecule has 4 nitrogen and oxygen atoms in total. The molecule has 0 saturated carbocycles. The number of hydrogen-bond donors (Lipinski definition) is 2. The number of carboxylic acid groups (broad SMARTS) is 1. The fourth-order valence-corrected chi connectivity index (χ4v) is 2.32. The zero-order chi connectivity index (χ0) is 12.6. The normalized spacial score (nSPS) is 21.5. The minimum absolute atomic E-state index is 0.216. The molecule has 4 heteroatoms. The molecule has 3 N–H and O–H groups in total. The van der Waals surface area contributed by atoms with E-state index in [1.165, 1.54) is 0 Å². The predicted molar refractivity (Wildman–Crippen MR) is 64.4 cm³/mol. The van der Waals surface area contributed by atoms with Crippen molar-refractivity contribution in [1.82, 2.24) is 0 Å². The Bertz CT molecular complexity index is 444. The maximum absolute atomic E-state index is 10.9. The van der Waals surface area contributed by atoms with Crippen LogP contribution in [0.1, 0.15) is 36.8 Å². The van der Waals surface area contributed by atoms with Gasteiger partial charge in [0.15, 0.2) is 0 Å². The summed E-state index contributed by atoms with van der Waals surface area (Å²) in [6.07, 6.45) is 0. The first-order valence-corrected chi connectivity index (χ1v) is 5.76. The van der Waals surface area contributed by atoms with Gasteiger partial charge in [-0.15, -0.1) is 0 Å². The van der Waals surface area contributed by atoms with Crippen LogP contribution in [0.15, 0.2) is 18.2 Å². The highest BCUT2D eigenvalue weighted by molar-refractivity contribution is 5.74. The van der Waals surface area contributed by atoms with Crippen LogP contribution < -0.4 is 10.5 Å². The Labute approximate surface area is 100 Å². The van der Waals surface area contributed by atoms with Gasteiger partial charge in [-0.25, -0.2) is 0 Å². The van der Waals surface area contributed by atoms with Crippen molar-refractivity contribution in [3.05, 3.63) is 29.3 Å². The van der Waals surface area contributed by atoms with E-state index in [4.69, 9.17) is 15.6 Å². The molecule has 92 valence electrons. The summed E-state index contributed by atoms with van der Waals surface area (Å²) in [5, 5.41) is 8.97. The van der Waals surface area contributed by atoms with E-state index in [0.717, 1.165) is 16.9 Å². The van der Waals surface area contributed by atoms with E-state index >= 15 is 0 Å². The van der Waals surface area contributed by atoms with Crippen LogP contribution in [-0.2, 0) is 4.79 Å². The number of benzene rings is 1. The number of aliphatic carboxylic acids is 1. The summed E-state index contributed by atoms with van der Waals surface area (Å²) in [5.74, 6) is -0.0302. The smallest absolute Gasteiger partial charge is 0.321 e. The largest absolute Gasteiger partial charge is 0.493 e. The van der Waals surface area contributed by atoms with Crippen molar-refractivity contribution in [2.24, 2.45) is 5.73 Å². The van der Waals surface area contributed by atoms with Crippen LogP contribution in [0.3, 0.4) is 0 Å². The molecule has 0 aliphatic carbocycles. The molecule has 1 aromatic rings. The fraction of sp³-hybridized carbons (Fsp3) is 0.462. The molecule has 1 unspecified atom stereocenters. The first-order chi connectivity index (χ1) is 8.02. The molecule has 17 heavy (non-hydrogen) atoms. The van der Waals surface area contributed by atoms with Crippen molar-refractivity contribution in [1.29, 1.82) is 0 Å². The van der Waals surface area contributed by atoms with Crippen molar-refractivity contribution in [2.45, 2.75) is 31.7 Å². The zero-order valence-electron chi connectivity index (χ0n) is 10.0. The Morgan fingerprint density at radius 1 is 1.59 bits per heavy atom. The Morgan fingerprint density at radius 3 is 2.94 bits per heavy atom. The summed E-state index contributed by atoms with van der Waals surface area (Å²) >= 11 is 0. The lowest BCUT2D eigenvalue weighted by atomic mass is 9.86. The van der Waals surface area contributed by atoms with E-state index in [9.17, 15) is 4.79 Å². The molecular formula is C13H17NO3. The van der Waals surface area contributed by atoms with Gasteiger partial charge < -0.3 is 15.6 Å². The van der Waals surface area contributed by atoms with Crippen LogP contribution in [0.4, 0.5) is 0 Å². The average molecular weight is 235 g/mol. The first-order valence-electron chi connectivity index (χ1n) is 5.76. The van der Waals surface area contributed by atoms with Gasteiger partial charge in [-0.05, 0) is 11.6 Å². The van der Waals surface area contributed by atoms with Crippen LogP contribution in [-0.4, -0.2) is 23.7 Å². The fourth-order valence-electron chi connectivity index (χ4n) is 2.32. The summed E-state index contributed by atoms with van der Waals surface area (Å²) in [5.41, 5.74) is 7.79. The number of hydrogen-bond acceptors (Lipinski definition) is 3. The molecule has 0 saturated heterocycles. The highest BCUT2D eigenvalue weighted by atomic mass is 16.5. The van der Waals surface area contributed by atoms with Gasteiger partial charge in [-0.3, -0.25) is 4.79 Å². The maximum Gasteiger partial charge on any atom is 0.321 e. The molecule has 1 aromatic carbocycles. The van der Waals surface area contributed by atoms with Crippen molar-refractivity contribution >= 4 is 5.97 Å². The molecule has 0 amide bonds. The second-order valence-electron chi connectivity index (χ2n) is 4.62. The molecule has 0 radical (unpaired) electrons. The Balaban J connectivity index is 2.40. The van der Waals surface area contributed by atoms with Gasteiger partial charge in [0.1, 0.15) is 11.8 Å². The molecule has 2 rings (SSSR count). The molecule has 3 atom stereocenters. The minimum Gasteiger partial charge on any atom is -0.493 e. The van der Waals surface area contributed by atoms with Gasteiger partial charge >= 0.3 is 5.97 Å². The maximum atomic E-state index is 10.9. The van der Waals surface area contributed by atoms with E-state index in [1.54, 1.807) is 0 Å². The number of carboxylic acids is 1. The molecule has 0 bridgehead atoms. The first kappa shape index (κ1) is 11.9. The number of carbonyl (C=O) groups is 1. The van der Waals surface area contributed by atoms with E-state index in [0.29, 0.717) is 12.5 Å². The van der Waals surface area contributed by atoms with Gasteiger partial charge in [-0.2, -0.15) is 0 Å². The van der Waals surface area contributed by atoms with Gasteiger partial charge in [0.25, 0.3) is 0 Å². The number of nitrogens with two attached hydrogens (primary N) is 1. The van der Waals surface area contributed by atoms with E-state index in [-0.39, 0.29) is 5.92 Å². The minimum atomic E-state index is -0.971. The molecule has 1 aliphatic rings. The summed E-state index contributed by atoms with van der Waals surface area (Å²) < 4.78 is 5.55. The van der Waals surface area contributed by atoms with Crippen LogP contribution in [0.25, 0.3) is 0 Å². The van der Waals surface area contributed by atoms with E-state index in [1.807, 2.05) is 25.1 Å². The van der Waals surface area contributed by atoms with Gasteiger partial charge in [0, 0.05) is 17.4 Å². The SMILES string of the molecule is CC1COc2cccc([C@@H](C)[C@H](N)C(=O)O)c21. The molecule has 1 aliphatic heterocycles. The summed E-state index contributed by atoms with van der Waals surface area (Å²) in [6, 6.07) is 4.87. The molecule has 0 spiro atoms. The lowest BCUT2D eigenvalue weighted by Gasteiger charge is -2.20. The second kappa shape index (κ2) is 4.37. The van der Waals surface area contributed by atoms with Crippen LogP contribution in [0, 0.1) is 0 Å². The highest BCUT2D eigenvalue weighted by Gasteiger charge is 2.29. The summed E-state index contributed by atoms with van der Waals surface area (Å²) in [7, 11) is 0. The topological polar surface area (TPSA) is 72.5 Å². The van der Waals surface area contributed by atoms with Crippen molar-refractivity contribution < 1.29 is 14.6 Å². The number of fused-ring (bicyclic) bond motifs is 1. The zero-order valence-corrected chi connectivity index (χ0v) is 10.0. The number of rotatable bonds is 3. The van der Waals surface area contributed by atoms with Gasteiger partial charge in [-0.1, -0.05) is 26.0 Å². The third-order valence-corrected chi connectivity index (χ3v) is 3.40. The van der Waals surface area contributed by atoms with Crippen molar-refractivity contribution in [2.75, 3.05) is 6.61 Å². The Kier molecular flexibility index (Phi) is 3.07. The Morgan fingerprint density at radius 2 is 2.29 bits per heavy atom. The molecule has 0 aromatic heterocycles. The predicted octanol–water partition coefficient (Wildman–Crippen LogP) is 1.70. The average Bonchev–Trinajstić information content (AvgIpc) is 2.69.